The third kappa shape index (κ3) is 4.09. The van der Waals surface area contributed by atoms with E-state index in [-0.39, 0.29) is 18.6 Å². The molecular formula is C15H19NO3. The van der Waals surface area contributed by atoms with Crippen molar-refractivity contribution in [3.8, 4) is 5.75 Å². The number of amides is 1. The van der Waals surface area contributed by atoms with Crippen molar-refractivity contribution in [1.29, 1.82) is 0 Å². The van der Waals surface area contributed by atoms with Gasteiger partial charge in [-0.3, -0.25) is 9.59 Å². The molecule has 1 aromatic carbocycles. The minimum atomic E-state index is -0.118. The molecule has 0 atom stereocenters. The number of carbonyl (C=O) groups excluding carboxylic acids is 2. The number of para-hydroxylation sites is 1. The highest BCUT2D eigenvalue weighted by atomic mass is 16.5. The number of nitrogens with one attached hydrogen (secondary N) is 1. The Morgan fingerprint density at radius 3 is 2.74 bits per heavy atom. The molecule has 1 saturated carbocycles. The third-order valence-corrected chi connectivity index (χ3v) is 3.38. The van der Waals surface area contributed by atoms with Crippen LogP contribution in [0.5, 0.6) is 5.75 Å². The monoisotopic (exact) mass is 261 g/mol. The summed E-state index contributed by atoms with van der Waals surface area (Å²) in [4.78, 5) is 22.6. The van der Waals surface area contributed by atoms with Gasteiger partial charge < -0.3 is 10.1 Å². The zero-order valence-electron chi connectivity index (χ0n) is 10.9. The van der Waals surface area contributed by atoms with Crippen LogP contribution in [0.15, 0.2) is 24.3 Å². The van der Waals surface area contributed by atoms with Crippen LogP contribution in [0.4, 0.5) is 0 Å². The van der Waals surface area contributed by atoms with Gasteiger partial charge in [0.1, 0.15) is 5.75 Å². The summed E-state index contributed by atoms with van der Waals surface area (Å²) in [6.07, 6.45) is 6.46. The quantitative estimate of drug-likeness (QED) is 0.828. The minimum absolute atomic E-state index is 0.0403. The molecule has 0 spiro atoms. The standard InChI is InChI=1S/C15H19NO3/c17-10-12-6-4-5-9-14(12)19-11-15(18)16-13-7-2-1-3-8-13/h4-6,9-10,13H,1-3,7-8,11H2,(H,16,18). The second-order valence-electron chi connectivity index (χ2n) is 4.85. The fraction of sp³-hybridized carbons (Fsp3) is 0.467. The van der Waals surface area contributed by atoms with E-state index in [0.717, 1.165) is 19.1 Å². The van der Waals surface area contributed by atoms with E-state index in [0.29, 0.717) is 11.3 Å². The van der Waals surface area contributed by atoms with Crippen molar-refractivity contribution in [2.45, 2.75) is 38.1 Å². The van der Waals surface area contributed by atoms with Crippen molar-refractivity contribution in [1.82, 2.24) is 5.32 Å². The van der Waals surface area contributed by atoms with Crippen LogP contribution in [0.25, 0.3) is 0 Å². The maximum Gasteiger partial charge on any atom is 0.258 e. The van der Waals surface area contributed by atoms with Crippen molar-refractivity contribution < 1.29 is 14.3 Å². The first-order chi connectivity index (χ1) is 9.29. The van der Waals surface area contributed by atoms with Crippen LogP contribution in [0.3, 0.4) is 0 Å². The maximum absolute atomic E-state index is 11.8. The van der Waals surface area contributed by atoms with E-state index in [1.807, 2.05) is 0 Å². The van der Waals surface area contributed by atoms with Gasteiger partial charge in [-0.1, -0.05) is 31.4 Å². The van der Waals surface area contributed by atoms with Crippen molar-refractivity contribution >= 4 is 12.2 Å². The number of hydrogen-bond donors (Lipinski definition) is 1. The molecule has 4 nitrogen and oxygen atoms in total. The van der Waals surface area contributed by atoms with Gasteiger partial charge in [-0.2, -0.15) is 0 Å². The number of carbonyl (C=O) groups is 2. The lowest BCUT2D eigenvalue weighted by Crippen LogP contribution is -2.39. The van der Waals surface area contributed by atoms with Gasteiger partial charge in [0.2, 0.25) is 0 Å². The lowest BCUT2D eigenvalue weighted by atomic mass is 9.95. The number of aldehydes is 1. The molecule has 2 rings (SSSR count). The summed E-state index contributed by atoms with van der Waals surface area (Å²) in [6.45, 7) is -0.0403. The molecule has 1 aliphatic rings. The molecule has 0 unspecified atom stereocenters. The molecule has 0 aliphatic heterocycles. The fourth-order valence-electron chi connectivity index (χ4n) is 2.37. The highest BCUT2D eigenvalue weighted by Crippen LogP contribution is 2.18. The van der Waals surface area contributed by atoms with Gasteiger partial charge >= 0.3 is 0 Å². The molecule has 0 heterocycles. The van der Waals surface area contributed by atoms with Crippen LogP contribution in [0.2, 0.25) is 0 Å². The zero-order valence-corrected chi connectivity index (χ0v) is 10.9. The van der Waals surface area contributed by atoms with Gasteiger partial charge in [-0.15, -0.1) is 0 Å². The smallest absolute Gasteiger partial charge is 0.258 e. The van der Waals surface area contributed by atoms with Crippen LogP contribution in [-0.4, -0.2) is 24.8 Å². The molecule has 0 bridgehead atoms. The van der Waals surface area contributed by atoms with Crippen LogP contribution in [0, 0.1) is 0 Å². The Balaban J connectivity index is 1.81. The Morgan fingerprint density at radius 2 is 2.00 bits per heavy atom. The second-order valence-corrected chi connectivity index (χ2v) is 4.85. The summed E-state index contributed by atoms with van der Waals surface area (Å²) in [7, 11) is 0. The van der Waals surface area contributed by atoms with Crippen molar-refractivity contribution in [3.63, 3.8) is 0 Å². The highest BCUT2D eigenvalue weighted by molar-refractivity contribution is 5.80. The lowest BCUT2D eigenvalue weighted by Gasteiger charge is -2.22. The Hall–Kier alpha value is -1.84. The van der Waals surface area contributed by atoms with E-state index in [1.165, 1.54) is 19.3 Å². The normalized spacial score (nSPS) is 15.8. The molecule has 0 saturated heterocycles. The van der Waals surface area contributed by atoms with Crippen LogP contribution < -0.4 is 10.1 Å². The third-order valence-electron chi connectivity index (χ3n) is 3.38. The lowest BCUT2D eigenvalue weighted by molar-refractivity contribution is -0.124. The van der Waals surface area contributed by atoms with E-state index >= 15 is 0 Å². The molecule has 0 radical (unpaired) electrons. The first-order valence-corrected chi connectivity index (χ1v) is 6.76. The van der Waals surface area contributed by atoms with Crippen molar-refractivity contribution in [2.75, 3.05) is 6.61 Å². The second kappa shape index (κ2) is 6.92. The van der Waals surface area contributed by atoms with Crippen LogP contribution in [0.1, 0.15) is 42.5 Å². The van der Waals surface area contributed by atoms with Gasteiger partial charge in [-0.25, -0.2) is 0 Å². The predicted octanol–water partition coefficient (Wildman–Crippen LogP) is 2.33. The van der Waals surface area contributed by atoms with Crippen LogP contribution >= 0.6 is 0 Å². The number of benzene rings is 1. The minimum Gasteiger partial charge on any atom is -0.483 e. The Bertz CT molecular complexity index is 439. The Labute approximate surface area is 113 Å². The van der Waals surface area contributed by atoms with Gasteiger partial charge in [0, 0.05) is 6.04 Å². The molecule has 1 aromatic rings. The average molecular weight is 261 g/mol. The molecule has 4 heteroatoms. The Morgan fingerprint density at radius 1 is 1.26 bits per heavy atom. The summed E-state index contributed by atoms with van der Waals surface area (Å²) in [6, 6.07) is 7.19. The number of hydrogen-bond acceptors (Lipinski definition) is 3. The summed E-state index contributed by atoms with van der Waals surface area (Å²) in [5.41, 5.74) is 0.466. The largest absolute Gasteiger partial charge is 0.483 e. The van der Waals surface area contributed by atoms with E-state index in [9.17, 15) is 9.59 Å². The van der Waals surface area contributed by atoms with Crippen molar-refractivity contribution in [2.24, 2.45) is 0 Å². The molecule has 0 aromatic heterocycles. The summed E-state index contributed by atoms with van der Waals surface area (Å²) >= 11 is 0. The molecule has 102 valence electrons. The van der Waals surface area contributed by atoms with Gasteiger partial charge in [-0.05, 0) is 25.0 Å². The van der Waals surface area contributed by atoms with E-state index < -0.39 is 0 Å². The Kier molecular flexibility index (Phi) is 4.95. The average Bonchev–Trinajstić information content (AvgIpc) is 2.46. The van der Waals surface area contributed by atoms with E-state index in [1.54, 1.807) is 24.3 Å². The summed E-state index contributed by atoms with van der Waals surface area (Å²) < 4.78 is 5.39. The molecular weight excluding hydrogens is 242 g/mol. The molecule has 1 aliphatic carbocycles. The molecule has 1 N–H and O–H groups in total. The fourth-order valence-corrected chi connectivity index (χ4v) is 2.37. The van der Waals surface area contributed by atoms with E-state index in [2.05, 4.69) is 5.32 Å². The highest BCUT2D eigenvalue weighted by Gasteiger charge is 2.16. The van der Waals surface area contributed by atoms with E-state index in [4.69, 9.17) is 4.74 Å². The summed E-state index contributed by atoms with van der Waals surface area (Å²) in [5, 5.41) is 2.97. The number of rotatable bonds is 5. The SMILES string of the molecule is O=Cc1ccccc1OCC(=O)NC1CCCCC1. The zero-order chi connectivity index (χ0) is 13.5. The summed E-state index contributed by atoms with van der Waals surface area (Å²) in [5.74, 6) is 0.337. The number of ether oxygens (including phenoxy) is 1. The van der Waals surface area contributed by atoms with Crippen LogP contribution in [-0.2, 0) is 4.79 Å². The predicted molar refractivity (Wildman–Crippen MR) is 72.3 cm³/mol. The van der Waals surface area contributed by atoms with Gasteiger partial charge in [0.15, 0.2) is 12.9 Å². The molecule has 19 heavy (non-hydrogen) atoms. The van der Waals surface area contributed by atoms with Crippen molar-refractivity contribution in [3.05, 3.63) is 29.8 Å². The topological polar surface area (TPSA) is 55.4 Å². The van der Waals surface area contributed by atoms with Gasteiger partial charge in [0.05, 0.1) is 5.56 Å². The van der Waals surface area contributed by atoms with Gasteiger partial charge in [0.25, 0.3) is 5.91 Å². The molecule has 1 fully saturated rings. The maximum atomic E-state index is 11.8. The molecule has 1 amide bonds. The first kappa shape index (κ1) is 13.6. The first-order valence-electron chi connectivity index (χ1n) is 6.76.